The molecule has 7 heteroatoms. The van der Waals surface area contributed by atoms with Crippen molar-refractivity contribution in [2.24, 2.45) is 0 Å². The van der Waals surface area contributed by atoms with Gasteiger partial charge in [-0.3, -0.25) is 4.79 Å². The average Bonchev–Trinajstić information content (AvgIpc) is 3.23. The Hall–Kier alpha value is -2.15. The molecule has 0 unspecified atom stereocenters. The van der Waals surface area contributed by atoms with Gasteiger partial charge in [0, 0.05) is 48.9 Å². The Bertz CT molecular complexity index is 652. The Morgan fingerprint density at radius 3 is 2.87 bits per heavy atom. The molecule has 0 bridgehead atoms. The number of aromatic nitrogens is 2. The first-order chi connectivity index (χ1) is 11.2. The molecule has 23 heavy (non-hydrogen) atoms. The number of thiophene rings is 1. The van der Waals surface area contributed by atoms with Crippen LogP contribution in [0, 0.1) is 6.92 Å². The van der Waals surface area contributed by atoms with Gasteiger partial charge in [-0.15, -0.1) is 0 Å². The van der Waals surface area contributed by atoms with Gasteiger partial charge in [0.05, 0.1) is 0 Å². The van der Waals surface area contributed by atoms with Crippen LogP contribution in [0.5, 0.6) is 0 Å². The van der Waals surface area contributed by atoms with Crippen LogP contribution in [-0.2, 0) is 0 Å². The number of hydrogen-bond acceptors (Lipinski definition) is 6. The maximum Gasteiger partial charge on any atom is 0.252 e. The van der Waals surface area contributed by atoms with E-state index in [1.54, 1.807) is 0 Å². The minimum absolute atomic E-state index is 0.0454. The number of anilines is 2. The fraction of sp³-hybridized carbons (Fsp3) is 0.438. The van der Waals surface area contributed by atoms with Gasteiger partial charge in [0.15, 0.2) is 0 Å². The van der Waals surface area contributed by atoms with Crippen LogP contribution in [0.15, 0.2) is 22.9 Å². The molecule has 0 spiro atoms. The monoisotopic (exact) mass is 331 g/mol. The number of amides is 1. The number of rotatable bonds is 6. The predicted molar refractivity (Wildman–Crippen MR) is 93.4 cm³/mol. The molecule has 1 aliphatic heterocycles. The summed E-state index contributed by atoms with van der Waals surface area (Å²) in [6.45, 7) is 5.23. The molecule has 0 radical (unpaired) electrons. The summed E-state index contributed by atoms with van der Waals surface area (Å²) in [5.74, 6) is 1.56. The summed E-state index contributed by atoms with van der Waals surface area (Å²) in [7, 11) is 0. The average molecular weight is 331 g/mol. The predicted octanol–water partition coefficient (Wildman–Crippen LogP) is 2.29. The number of nitrogens with one attached hydrogen (secondary N) is 2. The van der Waals surface area contributed by atoms with Crippen molar-refractivity contribution < 1.29 is 4.79 Å². The van der Waals surface area contributed by atoms with Crippen LogP contribution in [0.4, 0.5) is 11.8 Å². The lowest BCUT2D eigenvalue weighted by Gasteiger charge is -2.17. The lowest BCUT2D eigenvalue weighted by molar-refractivity contribution is 0.0955. The van der Waals surface area contributed by atoms with E-state index < -0.39 is 0 Å². The van der Waals surface area contributed by atoms with Crippen LogP contribution in [0.3, 0.4) is 0 Å². The lowest BCUT2D eigenvalue weighted by atomic mass is 10.3. The summed E-state index contributed by atoms with van der Waals surface area (Å²) < 4.78 is 0. The summed E-state index contributed by atoms with van der Waals surface area (Å²) in [6, 6.07) is 3.84. The molecule has 1 amide bonds. The number of hydrogen-bond donors (Lipinski definition) is 2. The minimum atomic E-state index is -0.0454. The van der Waals surface area contributed by atoms with Crippen molar-refractivity contribution in [3.63, 3.8) is 0 Å². The van der Waals surface area contributed by atoms with Crippen LogP contribution in [0.1, 0.15) is 28.9 Å². The Labute approximate surface area is 140 Å². The van der Waals surface area contributed by atoms with Crippen molar-refractivity contribution in [3.8, 4) is 0 Å². The van der Waals surface area contributed by atoms with Gasteiger partial charge in [0.25, 0.3) is 5.91 Å². The number of nitrogens with zero attached hydrogens (tertiary/aromatic N) is 3. The second-order valence-corrected chi connectivity index (χ2v) is 6.36. The molecule has 2 aromatic heterocycles. The second-order valence-electron chi connectivity index (χ2n) is 5.58. The molecular weight excluding hydrogens is 310 g/mol. The van der Waals surface area contributed by atoms with E-state index in [-0.39, 0.29) is 5.91 Å². The number of carbonyl (C=O) groups is 1. The smallest absolute Gasteiger partial charge is 0.252 e. The highest BCUT2D eigenvalue weighted by atomic mass is 32.1. The highest BCUT2D eigenvalue weighted by Crippen LogP contribution is 2.19. The zero-order valence-corrected chi connectivity index (χ0v) is 14.0. The zero-order chi connectivity index (χ0) is 16.1. The quantitative estimate of drug-likeness (QED) is 0.795. The molecular formula is C16H21N5OS. The maximum atomic E-state index is 11.8. The van der Waals surface area contributed by atoms with Crippen LogP contribution in [-0.4, -0.2) is 42.1 Å². The van der Waals surface area contributed by atoms with Gasteiger partial charge < -0.3 is 15.5 Å². The van der Waals surface area contributed by atoms with Crippen LogP contribution < -0.4 is 15.5 Å². The van der Waals surface area contributed by atoms with Crippen molar-refractivity contribution in [2.75, 3.05) is 36.4 Å². The number of aryl methyl sites for hydroxylation is 1. The van der Waals surface area contributed by atoms with E-state index in [2.05, 4.69) is 25.5 Å². The molecule has 3 rings (SSSR count). The zero-order valence-electron chi connectivity index (χ0n) is 13.2. The van der Waals surface area contributed by atoms with Gasteiger partial charge in [-0.1, -0.05) is 0 Å². The molecule has 0 atom stereocenters. The minimum Gasteiger partial charge on any atom is -0.356 e. The summed E-state index contributed by atoms with van der Waals surface area (Å²) in [4.78, 5) is 23.1. The lowest BCUT2D eigenvalue weighted by Crippen LogP contribution is -2.29. The molecule has 1 aliphatic rings. The summed E-state index contributed by atoms with van der Waals surface area (Å²) >= 11 is 1.52. The van der Waals surface area contributed by atoms with Gasteiger partial charge >= 0.3 is 0 Å². The van der Waals surface area contributed by atoms with Crippen molar-refractivity contribution >= 4 is 29.0 Å². The first kappa shape index (κ1) is 15.7. The van der Waals surface area contributed by atoms with E-state index in [9.17, 15) is 4.79 Å². The molecule has 0 aromatic carbocycles. The Kier molecular flexibility index (Phi) is 5.07. The SMILES string of the molecule is Cc1cc(N2CCCC2)nc(NCCNC(=O)c2ccsc2)n1. The van der Waals surface area contributed by atoms with Crippen molar-refractivity contribution in [1.82, 2.24) is 15.3 Å². The first-order valence-corrected chi connectivity index (χ1v) is 8.81. The molecule has 0 aliphatic carbocycles. The molecule has 6 nitrogen and oxygen atoms in total. The van der Waals surface area contributed by atoms with Crippen molar-refractivity contribution in [1.29, 1.82) is 0 Å². The molecule has 0 saturated carbocycles. The van der Waals surface area contributed by atoms with E-state index in [1.165, 1.54) is 24.2 Å². The maximum absolute atomic E-state index is 11.8. The van der Waals surface area contributed by atoms with Gasteiger partial charge in [-0.2, -0.15) is 16.3 Å². The van der Waals surface area contributed by atoms with Crippen molar-refractivity contribution in [2.45, 2.75) is 19.8 Å². The highest BCUT2D eigenvalue weighted by Gasteiger charge is 2.15. The largest absolute Gasteiger partial charge is 0.356 e. The first-order valence-electron chi connectivity index (χ1n) is 7.87. The molecule has 122 valence electrons. The van der Waals surface area contributed by atoms with E-state index in [4.69, 9.17) is 0 Å². The fourth-order valence-corrected chi connectivity index (χ4v) is 3.22. The number of carbonyl (C=O) groups excluding carboxylic acids is 1. The Morgan fingerprint density at radius 1 is 1.30 bits per heavy atom. The standard InChI is InChI=1S/C16H21N5OS/c1-12-10-14(21-7-2-3-8-21)20-16(19-12)18-6-5-17-15(22)13-4-9-23-11-13/h4,9-11H,2-3,5-8H2,1H3,(H,17,22)(H,18,19,20). The van der Waals surface area contributed by atoms with Crippen LogP contribution in [0.25, 0.3) is 0 Å². The summed E-state index contributed by atoms with van der Waals surface area (Å²) in [6.07, 6.45) is 2.45. The van der Waals surface area contributed by atoms with E-state index in [0.29, 0.717) is 24.6 Å². The van der Waals surface area contributed by atoms with Gasteiger partial charge in [0.1, 0.15) is 5.82 Å². The third-order valence-electron chi connectivity index (χ3n) is 3.75. The topological polar surface area (TPSA) is 70.2 Å². The highest BCUT2D eigenvalue weighted by molar-refractivity contribution is 7.08. The molecule has 3 heterocycles. The molecule has 1 saturated heterocycles. The van der Waals surface area contributed by atoms with Gasteiger partial charge in [0.2, 0.25) is 5.95 Å². The Balaban J connectivity index is 1.51. The fourth-order valence-electron chi connectivity index (χ4n) is 2.59. The molecule has 2 N–H and O–H groups in total. The van der Waals surface area contributed by atoms with Crippen molar-refractivity contribution in [3.05, 3.63) is 34.2 Å². The van der Waals surface area contributed by atoms with E-state index in [1.807, 2.05) is 29.8 Å². The third kappa shape index (κ3) is 4.19. The molecule has 1 fully saturated rings. The van der Waals surface area contributed by atoms with Gasteiger partial charge in [-0.25, -0.2) is 4.98 Å². The third-order valence-corrected chi connectivity index (χ3v) is 4.43. The second kappa shape index (κ2) is 7.41. The Morgan fingerprint density at radius 2 is 2.13 bits per heavy atom. The van der Waals surface area contributed by atoms with E-state index >= 15 is 0 Å². The normalized spacial score (nSPS) is 14.0. The molecule has 2 aromatic rings. The summed E-state index contributed by atoms with van der Waals surface area (Å²) in [5.41, 5.74) is 1.66. The van der Waals surface area contributed by atoms with Crippen LogP contribution >= 0.6 is 11.3 Å². The van der Waals surface area contributed by atoms with Crippen LogP contribution in [0.2, 0.25) is 0 Å². The summed E-state index contributed by atoms with van der Waals surface area (Å²) in [5, 5.41) is 9.81. The van der Waals surface area contributed by atoms with Gasteiger partial charge in [-0.05, 0) is 31.2 Å². The van der Waals surface area contributed by atoms with E-state index in [0.717, 1.165) is 24.6 Å².